The van der Waals surface area contributed by atoms with Gasteiger partial charge in [-0.1, -0.05) is 48.5 Å². The molecule has 0 atom stereocenters. The lowest BCUT2D eigenvalue weighted by molar-refractivity contribution is 0.0549. The number of aromatic nitrogens is 2. The second-order valence-corrected chi connectivity index (χ2v) is 7.44. The maximum atomic E-state index is 12.9. The van der Waals surface area contributed by atoms with Crippen LogP contribution in [0.15, 0.2) is 78.9 Å². The van der Waals surface area contributed by atoms with E-state index in [1.807, 2.05) is 36.4 Å². The highest BCUT2D eigenvalue weighted by Crippen LogP contribution is 2.36. The first-order chi connectivity index (χ1) is 17.1. The van der Waals surface area contributed by atoms with E-state index in [4.69, 9.17) is 18.9 Å². The summed E-state index contributed by atoms with van der Waals surface area (Å²) in [5, 5.41) is 4.62. The minimum absolute atomic E-state index is 0.0117. The Balaban J connectivity index is 1.86. The van der Waals surface area contributed by atoms with Crippen LogP contribution in [0.2, 0.25) is 0 Å². The predicted octanol–water partition coefficient (Wildman–Crippen LogP) is 4.70. The molecule has 4 aromatic rings. The van der Waals surface area contributed by atoms with Crippen LogP contribution in [-0.4, -0.2) is 43.0 Å². The summed E-state index contributed by atoms with van der Waals surface area (Å²) in [6.07, 6.45) is 0. The molecule has 0 saturated carbocycles. The quantitative estimate of drug-likeness (QED) is 0.344. The molecule has 1 heterocycles. The summed E-state index contributed by atoms with van der Waals surface area (Å²) in [4.78, 5) is 25.7. The van der Waals surface area contributed by atoms with Gasteiger partial charge in [0, 0.05) is 5.56 Å². The largest absolute Gasteiger partial charge is 0.493 e. The van der Waals surface area contributed by atoms with E-state index in [0.29, 0.717) is 29.4 Å². The fraction of sp³-hybridized carbons (Fsp3) is 0.148. The minimum atomic E-state index is -0.720. The van der Waals surface area contributed by atoms with Crippen LogP contribution in [0.1, 0.15) is 26.4 Å². The zero-order valence-electron chi connectivity index (χ0n) is 19.6. The summed E-state index contributed by atoms with van der Waals surface area (Å²) in [5.74, 6) is -0.467. The molecule has 8 heteroatoms. The van der Waals surface area contributed by atoms with Gasteiger partial charge >= 0.3 is 11.9 Å². The standard InChI is InChI=1S/C27H24N2O6/c1-32-21-15-14-19(16-22(21)35-17-18-10-6-4-7-11-18)24-23(26(30)33-2)25(27(31)34-3)29(28-24)20-12-8-5-9-13-20/h4-16H,17H2,1-3H3. The van der Waals surface area contributed by atoms with Crippen molar-refractivity contribution < 1.29 is 28.5 Å². The van der Waals surface area contributed by atoms with E-state index >= 15 is 0 Å². The molecule has 8 nitrogen and oxygen atoms in total. The number of esters is 2. The van der Waals surface area contributed by atoms with Gasteiger partial charge in [0.25, 0.3) is 0 Å². The highest BCUT2D eigenvalue weighted by molar-refractivity contribution is 6.06. The van der Waals surface area contributed by atoms with Gasteiger partial charge < -0.3 is 18.9 Å². The van der Waals surface area contributed by atoms with Crippen molar-refractivity contribution in [1.82, 2.24) is 9.78 Å². The molecule has 0 saturated heterocycles. The first kappa shape index (κ1) is 23.6. The van der Waals surface area contributed by atoms with Crippen molar-refractivity contribution in [2.24, 2.45) is 0 Å². The molecule has 0 unspecified atom stereocenters. The Morgan fingerprint density at radius 2 is 1.46 bits per heavy atom. The number of hydrogen-bond donors (Lipinski definition) is 0. The van der Waals surface area contributed by atoms with Crippen LogP contribution in [0, 0.1) is 0 Å². The first-order valence-corrected chi connectivity index (χ1v) is 10.8. The van der Waals surface area contributed by atoms with Gasteiger partial charge in [0.1, 0.15) is 17.9 Å². The van der Waals surface area contributed by atoms with Crippen molar-refractivity contribution in [3.8, 4) is 28.4 Å². The third-order valence-electron chi connectivity index (χ3n) is 5.33. The summed E-state index contributed by atoms with van der Waals surface area (Å²) < 4.78 is 22.8. The lowest BCUT2D eigenvalue weighted by Gasteiger charge is -2.12. The Morgan fingerprint density at radius 3 is 2.09 bits per heavy atom. The zero-order chi connectivity index (χ0) is 24.8. The number of carbonyl (C=O) groups is 2. The Labute approximate surface area is 202 Å². The molecule has 0 fully saturated rings. The number of benzene rings is 3. The maximum Gasteiger partial charge on any atom is 0.357 e. The van der Waals surface area contributed by atoms with Crippen LogP contribution in [0.25, 0.3) is 16.9 Å². The van der Waals surface area contributed by atoms with Crippen molar-refractivity contribution in [3.63, 3.8) is 0 Å². The van der Waals surface area contributed by atoms with Gasteiger partial charge in [-0.25, -0.2) is 14.3 Å². The van der Waals surface area contributed by atoms with E-state index in [0.717, 1.165) is 5.56 Å². The van der Waals surface area contributed by atoms with E-state index in [2.05, 4.69) is 5.10 Å². The van der Waals surface area contributed by atoms with E-state index in [1.54, 1.807) is 49.6 Å². The molecule has 178 valence electrons. The molecule has 0 aliphatic carbocycles. The summed E-state index contributed by atoms with van der Waals surface area (Å²) in [7, 11) is 4.04. The Bertz CT molecular complexity index is 1330. The van der Waals surface area contributed by atoms with Crippen molar-refractivity contribution in [2.45, 2.75) is 6.61 Å². The molecular formula is C27H24N2O6. The average Bonchev–Trinajstić information content (AvgIpc) is 3.32. The van der Waals surface area contributed by atoms with Crippen molar-refractivity contribution in [1.29, 1.82) is 0 Å². The molecule has 0 N–H and O–H groups in total. The van der Waals surface area contributed by atoms with E-state index in [9.17, 15) is 9.59 Å². The molecule has 35 heavy (non-hydrogen) atoms. The highest BCUT2D eigenvalue weighted by Gasteiger charge is 2.31. The Morgan fingerprint density at radius 1 is 0.800 bits per heavy atom. The van der Waals surface area contributed by atoms with Gasteiger partial charge in [-0.2, -0.15) is 5.10 Å². The molecule has 0 spiro atoms. The summed E-state index contributed by atoms with van der Waals surface area (Å²) in [5.41, 5.74) is 2.29. The number of nitrogens with zero attached hydrogens (tertiary/aromatic N) is 2. The van der Waals surface area contributed by atoms with Crippen LogP contribution in [0.5, 0.6) is 11.5 Å². The van der Waals surface area contributed by atoms with E-state index in [-0.39, 0.29) is 17.0 Å². The van der Waals surface area contributed by atoms with Crippen LogP contribution in [0.4, 0.5) is 0 Å². The van der Waals surface area contributed by atoms with E-state index in [1.165, 1.54) is 18.9 Å². The fourth-order valence-corrected chi connectivity index (χ4v) is 3.63. The SMILES string of the molecule is COC(=O)c1c(-c2ccc(OC)c(OCc3ccccc3)c2)nn(-c2ccccc2)c1C(=O)OC. The molecule has 0 aliphatic heterocycles. The second kappa shape index (κ2) is 10.6. The predicted molar refractivity (Wildman–Crippen MR) is 129 cm³/mol. The minimum Gasteiger partial charge on any atom is -0.493 e. The van der Waals surface area contributed by atoms with Crippen molar-refractivity contribution in [2.75, 3.05) is 21.3 Å². The third-order valence-corrected chi connectivity index (χ3v) is 5.33. The van der Waals surface area contributed by atoms with Gasteiger partial charge in [-0.15, -0.1) is 0 Å². The normalized spacial score (nSPS) is 10.5. The Kier molecular flexibility index (Phi) is 7.11. The first-order valence-electron chi connectivity index (χ1n) is 10.8. The van der Waals surface area contributed by atoms with Gasteiger partial charge in [0.05, 0.1) is 27.0 Å². The second-order valence-electron chi connectivity index (χ2n) is 7.44. The molecule has 3 aromatic carbocycles. The third kappa shape index (κ3) is 4.86. The number of para-hydroxylation sites is 1. The van der Waals surface area contributed by atoms with Crippen LogP contribution < -0.4 is 9.47 Å². The van der Waals surface area contributed by atoms with Crippen molar-refractivity contribution >= 4 is 11.9 Å². The van der Waals surface area contributed by atoms with Crippen molar-refractivity contribution in [3.05, 3.63) is 95.7 Å². The molecule has 0 bridgehead atoms. The average molecular weight is 472 g/mol. The molecular weight excluding hydrogens is 448 g/mol. The number of ether oxygens (including phenoxy) is 4. The lowest BCUT2D eigenvalue weighted by atomic mass is 10.0. The molecule has 0 radical (unpaired) electrons. The molecule has 4 rings (SSSR count). The lowest BCUT2D eigenvalue weighted by Crippen LogP contribution is -2.15. The summed E-state index contributed by atoms with van der Waals surface area (Å²) in [6, 6.07) is 23.9. The number of methoxy groups -OCH3 is 3. The van der Waals surface area contributed by atoms with Gasteiger partial charge in [-0.05, 0) is 35.9 Å². The van der Waals surface area contributed by atoms with Crippen LogP contribution >= 0.6 is 0 Å². The van der Waals surface area contributed by atoms with Gasteiger partial charge in [-0.3, -0.25) is 0 Å². The van der Waals surface area contributed by atoms with E-state index < -0.39 is 11.9 Å². The number of rotatable bonds is 8. The van der Waals surface area contributed by atoms with Crippen LogP contribution in [-0.2, 0) is 16.1 Å². The molecule has 1 aromatic heterocycles. The van der Waals surface area contributed by atoms with Gasteiger partial charge in [0.15, 0.2) is 17.2 Å². The molecule has 0 aliphatic rings. The zero-order valence-corrected chi connectivity index (χ0v) is 19.6. The topological polar surface area (TPSA) is 88.9 Å². The number of hydrogen-bond acceptors (Lipinski definition) is 7. The van der Waals surface area contributed by atoms with Crippen LogP contribution in [0.3, 0.4) is 0 Å². The number of carbonyl (C=O) groups excluding carboxylic acids is 2. The Hall–Kier alpha value is -4.59. The maximum absolute atomic E-state index is 12.9. The smallest absolute Gasteiger partial charge is 0.357 e. The fourth-order valence-electron chi connectivity index (χ4n) is 3.63. The molecule has 0 amide bonds. The summed E-state index contributed by atoms with van der Waals surface area (Å²) >= 11 is 0. The van der Waals surface area contributed by atoms with Gasteiger partial charge in [0.2, 0.25) is 0 Å². The highest BCUT2D eigenvalue weighted by atomic mass is 16.5. The summed E-state index contributed by atoms with van der Waals surface area (Å²) in [6.45, 7) is 0.316. The monoisotopic (exact) mass is 472 g/mol.